The van der Waals surface area contributed by atoms with Crippen LogP contribution < -0.4 is 0 Å². The van der Waals surface area contributed by atoms with E-state index in [4.69, 9.17) is 9.47 Å². The quantitative estimate of drug-likeness (QED) is 0.452. The van der Waals surface area contributed by atoms with E-state index in [2.05, 4.69) is 19.9 Å². The smallest absolute Gasteiger partial charge is 0.309 e. The summed E-state index contributed by atoms with van der Waals surface area (Å²) in [4.78, 5) is 37.7. The van der Waals surface area contributed by atoms with Crippen molar-refractivity contribution in [3.63, 3.8) is 0 Å². The standard InChI is InChI=1S/C25H34O5/c1-17(2)8-7-9-18(3)14-22-25(16-23(27)30-22)15-20(12-13-21(25)26)29-24(28)19-10-5-4-6-11-19/h8,12-14,19-20,22H,4-7,9-11,15-16H2,1-3H3/b18-14+/t20-,22-,25+/m1/s1. The maximum Gasteiger partial charge on any atom is 0.309 e. The molecule has 2 fully saturated rings. The molecule has 164 valence electrons. The predicted octanol–water partition coefficient (Wildman–Crippen LogP) is 5.00. The molecule has 1 spiro atoms. The number of ether oxygens (including phenoxy) is 2. The molecule has 3 atom stereocenters. The molecule has 30 heavy (non-hydrogen) atoms. The molecule has 1 saturated carbocycles. The van der Waals surface area contributed by atoms with Crippen molar-refractivity contribution in [3.05, 3.63) is 35.5 Å². The van der Waals surface area contributed by atoms with E-state index < -0.39 is 17.6 Å². The monoisotopic (exact) mass is 414 g/mol. The molecule has 3 rings (SSSR count). The molecule has 5 nitrogen and oxygen atoms in total. The molecule has 0 radical (unpaired) electrons. The van der Waals surface area contributed by atoms with Crippen molar-refractivity contribution < 1.29 is 23.9 Å². The SMILES string of the molecule is CC(C)=CCC/C(C)=C/[C@H]1OC(=O)C[C@]12C[C@H](OC(=O)C1CCCCC1)C=CC2=O. The summed E-state index contributed by atoms with van der Waals surface area (Å²) in [5.41, 5.74) is 1.38. The fourth-order valence-electron chi connectivity index (χ4n) is 4.75. The Kier molecular flexibility index (Phi) is 7.32. The lowest BCUT2D eigenvalue weighted by molar-refractivity contribution is -0.156. The zero-order chi connectivity index (χ0) is 21.7. The average molecular weight is 415 g/mol. The van der Waals surface area contributed by atoms with Crippen LogP contribution in [0.2, 0.25) is 0 Å². The third-order valence-electron chi connectivity index (χ3n) is 6.51. The third kappa shape index (κ3) is 5.30. The van der Waals surface area contributed by atoms with Gasteiger partial charge in [-0.15, -0.1) is 0 Å². The van der Waals surface area contributed by atoms with E-state index in [9.17, 15) is 14.4 Å². The minimum absolute atomic E-state index is 0.0378. The number of allylic oxidation sites excluding steroid dienone is 4. The number of rotatable bonds is 6. The molecule has 0 amide bonds. The molecule has 0 N–H and O–H groups in total. The number of carbonyl (C=O) groups excluding carboxylic acids is 3. The van der Waals surface area contributed by atoms with Crippen LogP contribution in [0, 0.1) is 11.3 Å². The highest BCUT2D eigenvalue weighted by Gasteiger charge is 2.55. The van der Waals surface area contributed by atoms with Gasteiger partial charge < -0.3 is 9.47 Å². The van der Waals surface area contributed by atoms with Crippen LogP contribution >= 0.6 is 0 Å². The predicted molar refractivity (Wildman–Crippen MR) is 115 cm³/mol. The number of cyclic esters (lactones) is 1. The Hall–Kier alpha value is -2.17. The third-order valence-corrected chi connectivity index (χ3v) is 6.51. The summed E-state index contributed by atoms with van der Waals surface area (Å²) in [5, 5.41) is 0. The van der Waals surface area contributed by atoms with Gasteiger partial charge in [0.15, 0.2) is 5.78 Å². The molecule has 1 heterocycles. The summed E-state index contributed by atoms with van der Waals surface area (Å²) < 4.78 is 11.3. The summed E-state index contributed by atoms with van der Waals surface area (Å²) in [6, 6.07) is 0. The van der Waals surface area contributed by atoms with Gasteiger partial charge in [0.25, 0.3) is 0 Å². The van der Waals surface area contributed by atoms with Gasteiger partial charge in [-0.25, -0.2) is 0 Å². The first kappa shape index (κ1) is 22.5. The lowest BCUT2D eigenvalue weighted by Crippen LogP contribution is -2.44. The van der Waals surface area contributed by atoms with Crippen LogP contribution in [0.25, 0.3) is 0 Å². The van der Waals surface area contributed by atoms with E-state index in [1.165, 1.54) is 18.1 Å². The molecule has 0 aromatic heterocycles. The summed E-state index contributed by atoms with van der Waals surface area (Å²) in [5.74, 6) is -0.703. The summed E-state index contributed by atoms with van der Waals surface area (Å²) in [7, 11) is 0. The lowest BCUT2D eigenvalue weighted by atomic mass is 9.69. The summed E-state index contributed by atoms with van der Waals surface area (Å²) >= 11 is 0. The van der Waals surface area contributed by atoms with E-state index in [1.807, 2.05) is 13.0 Å². The molecule has 2 aliphatic carbocycles. The zero-order valence-corrected chi connectivity index (χ0v) is 18.4. The van der Waals surface area contributed by atoms with Crippen LogP contribution in [0.5, 0.6) is 0 Å². The van der Waals surface area contributed by atoms with Crippen molar-refractivity contribution in [3.8, 4) is 0 Å². The Balaban J connectivity index is 1.72. The normalized spacial score (nSPS) is 29.8. The molecule has 5 heteroatoms. The Morgan fingerprint density at radius 2 is 1.93 bits per heavy atom. The lowest BCUT2D eigenvalue weighted by Gasteiger charge is -2.35. The van der Waals surface area contributed by atoms with E-state index >= 15 is 0 Å². The van der Waals surface area contributed by atoms with Gasteiger partial charge in [-0.3, -0.25) is 14.4 Å². The largest absolute Gasteiger partial charge is 0.458 e. The fraction of sp³-hybridized carbons (Fsp3) is 0.640. The van der Waals surface area contributed by atoms with Gasteiger partial charge >= 0.3 is 11.9 Å². The van der Waals surface area contributed by atoms with E-state index in [0.717, 1.165) is 44.1 Å². The van der Waals surface area contributed by atoms with Crippen molar-refractivity contribution in [2.24, 2.45) is 11.3 Å². The zero-order valence-electron chi connectivity index (χ0n) is 18.4. The maximum atomic E-state index is 12.9. The fourth-order valence-corrected chi connectivity index (χ4v) is 4.75. The second-order valence-electron chi connectivity index (χ2n) is 9.31. The van der Waals surface area contributed by atoms with Gasteiger partial charge in [0.1, 0.15) is 12.2 Å². The second kappa shape index (κ2) is 9.76. The van der Waals surface area contributed by atoms with E-state index in [1.54, 1.807) is 6.08 Å². The van der Waals surface area contributed by atoms with Gasteiger partial charge in [-0.2, -0.15) is 0 Å². The highest BCUT2D eigenvalue weighted by molar-refractivity contribution is 6.00. The van der Waals surface area contributed by atoms with Gasteiger partial charge in [0.05, 0.1) is 17.8 Å². The Labute approximate surface area is 179 Å². The van der Waals surface area contributed by atoms with Crippen LogP contribution in [0.3, 0.4) is 0 Å². The van der Waals surface area contributed by atoms with Gasteiger partial charge in [0.2, 0.25) is 0 Å². The molecule has 1 saturated heterocycles. The first-order valence-electron chi connectivity index (χ1n) is 11.2. The van der Waals surface area contributed by atoms with Gasteiger partial charge in [0, 0.05) is 6.42 Å². The first-order chi connectivity index (χ1) is 14.3. The first-order valence-corrected chi connectivity index (χ1v) is 11.2. The van der Waals surface area contributed by atoms with Crippen molar-refractivity contribution in [1.82, 2.24) is 0 Å². The second-order valence-corrected chi connectivity index (χ2v) is 9.31. The van der Waals surface area contributed by atoms with Crippen molar-refractivity contribution >= 4 is 17.7 Å². The van der Waals surface area contributed by atoms with Gasteiger partial charge in [-0.1, -0.05) is 36.5 Å². The topological polar surface area (TPSA) is 69.7 Å². The maximum absolute atomic E-state index is 12.9. The van der Waals surface area contributed by atoms with Crippen LogP contribution in [0.15, 0.2) is 35.5 Å². The minimum atomic E-state index is -0.971. The molecule has 0 unspecified atom stereocenters. The number of esters is 2. The molecule has 3 aliphatic rings. The molecule has 1 aliphatic heterocycles. The highest BCUT2D eigenvalue weighted by Crippen LogP contribution is 2.45. The van der Waals surface area contributed by atoms with Gasteiger partial charge in [-0.05, 0) is 64.7 Å². The van der Waals surface area contributed by atoms with Crippen molar-refractivity contribution in [2.75, 3.05) is 0 Å². The van der Waals surface area contributed by atoms with Crippen LogP contribution in [0.4, 0.5) is 0 Å². The minimum Gasteiger partial charge on any atom is -0.458 e. The molecule has 0 bridgehead atoms. The van der Waals surface area contributed by atoms with E-state index in [0.29, 0.717) is 6.42 Å². The molecular formula is C25H34O5. The highest BCUT2D eigenvalue weighted by atomic mass is 16.6. The molecule has 0 aromatic rings. The van der Waals surface area contributed by atoms with Crippen LogP contribution in [-0.4, -0.2) is 29.9 Å². The average Bonchev–Trinajstić information content (AvgIpc) is 3.00. The van der Waals surface area contributed by atoms with E-state index in [-0.39, 0.29) is 30.1 Å². The van der Waals surface area contributed by atoms with Crippen molar-refractivity contribution in [1.29, 1.82) is 0 Å². The summed E-state index contributed by atoms with van der Waals surface area (Å²) in [6.45, 7) is 6.13. The number of carbonyl (C=O) groups is 3. The Morgan fingerprint density at radius 1 is 1.20 bits per heavy atom. The molecule has 0 aromatic carbocycles. The number of hydrogen-bond donors (Lipinski definition) is 0. The number of hydrogen-bond acceptors (Lipinski definition) is 5. The molecular weight excluding hydrogens is 380 g/mol. The Bertz CT molecular complexity index is 764. The number of ketones is 1. The Morgan fingerprint density at radius 3 is 2.63 bits per heavy atom. The van der Waals surface area contributed by atoms with Crippen LogP contribution in [-0.2, 0) is 23.9 Å². The van der Waals surface area contributed by atoms with Crippen LogP contribution in [0.1, 0.15) is 78.6 Å². The van der Waals surface area contributed by atoms with Crippen molar-refractivity contribution in [2.45, 2.75) is 90.8 Å². The summed E-state index contributed by atoms with van der Waals surface area (Å²) in [6.07, 6.45) is 13.3.